The third kappa shape index (κ3) is 6.09. The topological polar surface area (TPSA) is 86.8 Å². The van der Waals surface area contributed by atoms with Crippen LogP contribution in [0.3, 0.4) is 0 Å². The van der Waals surface area contributed by atoms with E-state index in [1.165, 1.54) is 12.1 Å². The lowest BCUT2D eigenvalue weighted by atomic mass is 10.0. The van der Waals surface area contributed by atoms with Crippen molar-refractivity contribution in [2.75, 3.05) is 43.0 Å². The highest BCUT2D eigenvalue weighted by atomic mass is 19.1. The van der Waals surface area contributed by atoms with Gasteiger partial charge in [-0.2, -0.15) is 0 Å². The van der Waals surface area contributed by atoms with Gasteiger partial charge in [0.25, 0.3) is 0 Å². The summed E-state index contributed by atoms with van der Waals surface area (Å²) in [6, 6.07) is 7.67. The predicted octanol–water partition coefficient (Wildman–Crippen LogP) is 4.08. The minimum Gasteiger partial charge on any atom is -0.450 e. The second-order valence-corrected chi connectivity index (χ2v) is 7.66. The maximum Gasteiger partial charge on any atom is 0.409 e. The molecule has 2 aromatic rings. The molecule has 0 saturated carbocycles. The molecule has 0 radical (unpaired) electrons. The molecule has 172 valence electrons. The quantitative estimate of drug-likeness (QED) is 0.703. The maximum atomic E-state index is 14.5. The first-order valence-electron chi connectivity index (χ1n) is 10.9. The summed E-state index contributed by atoms with van der Waals surface area (Å²) in [4.78, 5) is 32.2. The molecule has 3 amide bonds. The molecule has 1 aromatic heterocycles. The van der Waals surface area contributed by atoms with Crippen molar-refractivity contribution < 1.29 is 18.7 Å². The van der Waals surface area contributed by atoms with Crippen molar-refractivity contribution in [1.82, 2.24) is 15.2 Å². The van der Waals surface area contributed by atoms with Gasteiger partial charge in [-0.25, -0.2) is 14.0 Å². The molecule has 0 bridgehead atoms. The average molecular weight is 444 g/mol. The molecular weight excluding hydrogens is 413 g/mol. The Morgan fingerprint density at radius 2 is 1.91 bits per heavy atom. The molecule has 0 aliphatic carbocycles. The number of carbonyl (C=O) groups excluding carboxylic acids is 2. The number of ether oxygens (including phenoxy) is 1. The normalized spacial score (nSPS) is 14.6. The van der Waals surface area contributed by atoms with Gasteiger partial charge >= 0.3 is 12.1 Å². The Bertz CT molecular complexity index is 930. The summed E-state index contributed by atoms with van der Waals surface area (Å²) < 4.78 is 19.5. The van der Waals surface area contributed by atoms with Crippen molar-refractivity contribution in [3.8, 4) is 0 Å². The summed E-state index contributed by atoms with van der Waals surface area (Å²) in [5, 5.41) is 5.66. The molecule has 9 heteroatoms. The number of urea groups is 1. The summed E-state index contributed by atoms with van der Waals surface area (Å²) in [5.74, 6) is -0.367. The van der Waals surface area contributed by atoms with Crippen LogP contribution in [0.2, 0.25) is 0 Å². The van der Waals surface area contributed by atoms with Gasteiger partial charge in [0, 0.05) is 37.6 Å². The molecular formula is C23H30FN5O3. The zero-order valence-electron chi connectivity index (χ0n) is 18.7. The Hall–Kier alpha value is -3.36. The van der Waals surface area contributed by atoms with Crippen LogP contribution in [0, 0.1) is 12.7 Å². The van der Waals surface area contributed by atoms with Gasteiger partial charge in [-0.05, 0) is 56.2 Å². The predicted molar refractivity (Wildman–Crippen MR) is 121 cm³/mol. The van der Waals surface area contributed by atoms with Gasteiger partial charge in [-0.1, -0.05) is 6.92 Å². The molecule has 0 unspecified atom stereocenters. The Morgan fingerprint density at radius 1 is 1.16 bits per heavy atom. The lowest BCUT2D eigenvalue weighted by molar-refractivity contribution is 0.105. The second kappa shape index (κ2) is 10.8. The van der Waals surface area contributed by atoms with Crippen molar-refractivity contribution in [3.63, 3.8) is 0 Å². The van der Waals surface area contributed by atoms with Crippen molar-refractivity contribution >= 4 is 23.5 Å². The van der Waals surface area contributed by atoms with Crippen LogP contribution < -0.4 is 15.5 Å². The number of amides is 3. The number of carbonyl (C=O) groups is 2. The van der Waals surface area contributed by atoms with Crippen molar-refractivity contribution in [2.24, 2.45) is 0 Å². The molecule has 1 aromatic carbocycles. The number of piperazine rings is 1. The smallest absolute Gasteiger partial charge is 0.409 e. The van der Waals surface area contributed by atoms with Crippen LogP contribution in [-0.4, -0.2) is 54.8 Å². The molecule has 1 aliphatic heterocycles. The molecule has 1 saturated heterocycles. The number of hydrogen-bond donors (Lipinski definition) is 2. The van der Waals surface area contributed by atoms with Crippen LogP contribution in [0.25, 0.3) is 0 Å². The molecule has 32 heavy (non-hydrogen) atoms. The van der Waals surface area contributed by atoms with Crippen LogP contribution in [-0.2, 0) is 4.74 Å². The fraction of sp³-hybridized carbons (Fsp3) is 0.435. The number of nitrogens with zero attached hydrogens (tertiary/aromatic N) is 3. The van der Waals surface area contributed by atoms with Gasteiger partial charge in [0.2, 0.25) is 0 Å². The van der Waals surface area contributed by atoms with Gasteiger partial charge in [0.15, 0.2) is 0 Å². The Labute approximate surface area is 187 Å². The van der Waals surface area contributed by atoms with E-state index < -0.39 is 0 Å². The highest BCUT2D eigenvalue weighted by Crippen LogP contribution is 2.26. The lowest BCUT2D eigenvalue weighted by Gasteiger charge is -2.35. The minimum atomic E-state index is -0.378. The fourth-order valence-corrected chi connectivity index (χ4v) is 3.63. The summed E-state index contributed by atoms with van der Waals surface area (Å²) >= 11 is 0. The number of aryl methyl sites for hydroxylation is 1. The van der Waals surface area contributed by atoms with E-state index in [0.717, 1.165) is 11.4 Å². The summed E-state index contributed by atoms with van der Waals surface area (Å²) in [7, 11) is 0. The molecule has 2 heterocycles. The number of halogens is 1. The monoisotopic (exact) mass is 443 g/mol. The van der Waals surface area contributed by atoms with Crippen molar-refractivity contribution in [1.29, 1.82) is 0 Å². The van der Waals surface area contributed by atoms with E-state index in [4.69, 9.17) is 4.74 Å². The van der Waals surface area contributed by atoms with Crippen LogP contribution >= 0.6 is 0 Å². The average Bonchev–Trinajstić information content (AvgIpc) is 2.79. The SMILES string of the molecule is CCOC(=O)N1CCN(c2cc(F)cc([C@@H](CC)NC(=O)Nc3ccc(C)nc3)c2)CC1. The first-order valence-corrected chi connectivity index (χ1v) is 10.9. The molecule has 2 N–H and O–H groups in total. The highest BCUT2D eigenvalue weighted by molar-refractivity contribution is 5.89. The number of aromatic nitrogens is 1. The molecule has 1 aliphatic rings. The molecule has 3 rings (SSSR count). The molecule has 1 fully saturated rings. The third-order valence-electron chi connectivity index (χ3n) is 5.36. The second-order valence-electron chi connectivity index (χ2n) is 7.66. The number of rotatable bonds is 6. The van der Waals surface area contributed by atoms with E-state index in [2.05, 4.69) is 15.6 Å². The number of anilines is 2. The van der Waals surface area contributed by atoms with Gasteiger partial charge in [-0.3, -0.25) is 4.98 Å². The lowest BCUT2D eigenvalue weighted by Crippen LogP contribution is -2.49. The van der Waals surface area contributed by atoms with Crippen LogP contribution in [0.5, 0.6) is 0 Å². The van der Waals surface area contributed by atoms with Crippen LogP contribution in [0.15, 0.2) is 36.5 Å². The minimum absolute atomic E-state index is 0.322. The Balaban J connectivity index is 1.66. The third-order valence-corrected chi connectivity index (χ3v) is 5.36. The number of pyridine rings is 1. The van der Waals surface area contributed by atoms with Crippen LogP contribution in [0.1, 0.15) is 37.6 Å². The Kier molecular flexibility index (Phi) is 7.86. The summed E-state index contributed by atoms with van der Waals surface area (Å²) in [6.45, 7) is 8.08. The zero-order chi connectivity index (χ0) is 23.1. The fourth-order valence-electron chi connectivity index (χ4n) is 3.63. The van der Waals surface area contributed by atoms with Gasteiger partial charge in [0.05, 0.1) is 24.5 Å². The summed E-state index contributed by atoms with van der Waals surface area (Å²) in [5.41, 5.74) is 2.86. The van der Waals surface area contributed by atoms with Gasteiger partial charge < -0.3 is 25.2 Å². The molecule has 0 spiro atoms. The van der Waals surface area contributed by atoms with E-state index in [1.54, 1.807) is 24.1 Å². The van der Waals surface area contributed by atoms with E-state index >= 15 is 0 Å². The first-order chi connectivity index (χ1) is 15.4. The van der Waals surface area contributed by atoms with E-state index in [0.29, 0.717) is 50.5 Å². The van der Waals surface area contributed by atoms with Gasteiger partial charge in [0.1, 0.15) is 5.82 Å². The summed E-state index contributed by atoms with van der Waals surface area (Å²) in [6.07, 6.45) is 1.86. The standard InChI is InChI=1S/C23H30FN5O3/c1-4-21(27-22(30)26-19-7-6-16(3)25-15-19)17-12-18(24)14-20(13-17)28-8-10-29(11-9-28)23(31)32-5-2/h6-7,12-15,21H,4-5,8-11H2,1-3H3,(H2,26,27,30)/t21-/m1/s1. The molecule has 8 nitrogen and oxygen atoms in total. The zero-order valence-corrected chi connectivity index (χ0v) is 18.7. The molecule has 1 atom stereocenters. The largest absolute Gasteiger partial charge is 0.450 e. The Morgan fingerprint density at radius 3 is 2.53 bits per heavy atom. The number of benzene rings is 1. The van der Waals surface area contributed by atoms with Gasteiger partial charge in [-0.15, -0.1) is 0 Å². The highest BCUT2D eigenvalue weighted by Gasteiger charge is 2.23. The van der Waals surface area contributed by atoms with Crippen LogP contribution in [0.4, 0.5) is 25.4 Å². The van der Waals surface area contributed by atoms with E-state index in [-0.39, 0.29) is 24.0 Å². The first kappa shape index (κ1) is 23.3. The van der Waals surface area contributed by atoms with Crippen molar-refractivity contribution in [3.05, 3.63) is 53.6 Å². The number of nitrogens with one attached hydrogen (secondary N) is 2. The maximum absolute atomic E-state index is 14.5. The number of hydrogen-bond acceptors (Lipinski definition) is 5. The van der Waals surface area contributed by atoms with Crippen molar-refractivity contribution in [2.45, 2.75) is 33.2 Å². The van der Waals surface area contributed by atoms with E-state index in [9.17, 15) is 14.0 Å². The van der Waals surface area contributed by atoms with E-state index in [1.807, 2.05) is 30.9 Å².